The van der Waals surface area contributed by atoms with Crippen LogP contribution in [-0.2, 0) is 11.2 Å². The number of halogens is 1. The van der Waals surface area contributed by atoms with Gasteiger partial charge in [-0.25, -0.2) is 0 Å². The Hall–Kier alpha value is -0.380. The molecule has 1 fully saturated rings. The van der Waals surface area contributed by atoms with Crippen LogP contribution in [0.15, 0.2) is 28.7 Å². The van der Waals surface area contributed by atoms with Crippen LogP contribution in [0.1, 0.15) is 32.3 Å². The van der Waals surface area contributed by atoms with Gasteiger partial charge in [0.25, 0.3) is 0 Å². The summed E-state index contributed by atoms with van der Waals surface area (Å²) in [6.45, 7) is 7.29. The van der Waals surface area contributed by atoms with Crippen molar-refractivity contribution in [1.29, 1.82) is 0 Å². The highest BCUT2D eigenvalue weighted by molar-refractivity contribution is 9.10. The van der Waals surface area contributed by atoms with E-state index in [1.807, 2.05) is 0 Å². The van der Waals surface area contributed by atoms with Gasteiger partial charge in [-0.1, -0.05) is 48.0 Å². The lowest BCUT2D eigenvalue weighted by atomic mass is 9.75. The maximum absolute atomic E-state index is 5.56. The summed E-state index contributed by atoms with van der Waals surface area (Å²) in [6.07, 6.45) is 3.42. The number of hydrogen-bond acceptors (Lipinski definition) is 2. The lowest BCUT2D eigenvalue weighted by Crippen LogP contribution is -2.42. The van der Waals surface area contributed by atoms with Gasteiger partial charge in [0.1, 0.15) is 0 Å². The Morgan fingerprint density at radius 3 is 2.58 bits per heavy atom. The van der Waals surface area contributed by atoms with Crippen LogP contribution in [0.25, 0.3) is 0 Å². The molecule has 1 aromatic rings. The second-order valence-electron chi connectivity index (χ2n) is 5.92. The van der Waals surface area contributed by atoms with Gasteiger partial charge < -0.3 is 10.1 Å². The third-order valence-electron chi connectivity index (χ3n) is 3.96. The van der Waals surface area contributed by atoms with Crippen molar-refractivity contribution in [2.45, 2.75) is 39.2 Å². The highest BCUT2D eigenvalue weighted by Gasteiger charge is 2.33. The Labute approximate surface area is 125 Å². The lowest BCUT2D eigenvalue weighted by Gasteiger charge is -2.38. The predicted molar refractivity (Wildman–Crippen MR) is 83.5 cm³/mol. The van der Waals surface area contributed by atoms with E-state index in [1.54, 1.807) is 0 Å². The molecule has 0 radical (unpaired) electrons. The summed E-state index contributed by atoms with van der Waals surface area (Å²) in [4.78, 5) is 0. The van der Waals surface area contributed by atoms with E-state index in [4.69, 9.17) is 4.74 Å². The van der Waals surface area contributed by atoms with Gasteiger partial charge >= 0.3 is 0 Å². The highest BCUT2D eigenvalue weighted by atomic mass is 79.9. The zero-order valence-corrected chi connectivity index (χ0v) is 13.5. The quantitative estimate of drug-likeness (QED) is 0.889. The van der Waals surface area contributed by atoms with Crippen molar-refractivity contribution in [3.8, 4) is 0 Å². The van der Waals surface area contributed by atoms with Gasteiger partial charge in [-0.15, -0.1) is 0 Å². The first-order chi connectivity index (χ1) is 9.11. The third-order valence-corrected chi connectivity index (χ3v) is 4.74. The minimum absolute atomic E-state index is 0.340. The summed E-state index contributed by atoms with van der Waals surface area (Å²) in [5, 5.41) is 3.62. The molecule has 2 rings (SSSR count). The number of benzene rings is 1. The van der Waals surface area contributed by atoms with Crippen molar-refractivity contribution >= 4 is 15.9 Å². The zero-order valence-electron chi connectivity index (χ0n) is 11.9. The molecule has 0 spiro atoms. The molecule has 1 aliphatic heterocycles. The number of ether oxygens (including phenoxy) is 1. The molecule has 0 amide bonds. The van der Waals surface area contributed by atoms with E-state index in [-0.39, 0.29) is 0 Å². The monoisotopic (exact) mass is 325 g/mol. The van der Waals surface area contributed by atoms with E-state index in [9.17, 15) is 0 Å². The normalized spacial score (nSPS) is 18.7. The Morgan fingerprint density at radius 2 is 1.95 bits per heavy atom. The van der Waals surface area contributed by atoms with Gasteiger partial charge in [-0.3, -0.25) is 0 Å². The lowest BCUT2D eigenvalue weighted by molar-refractivity contribution is 0.0140. The van der Waals surface area contributed by atoms with Crippen molar-refractivity contribution in [1.82, 2.24) is 5.32 Å². The van der Waals surface area contributed by atoms with Gasteiger partial charge in [0.05, 0.1) is 0 Å². The Morgan fingerprint density at radius 1 is 1.26 bits per heavy atom. The predicted octanol–water partition coefficient (Wildman–Crippen LogP) is 3.79. The molecule has 0 atom stereocenters. The SMILES string of the molecule is CC(C)NCC1(Cc2ccccc2Br)CCOCC1. The molecule has 0 bridgehead atoms. The second kappa shape index (κ2) is 6.87. The van der Waals surface area contributed by atoms with Crippen LogP contribution in [-0.4, -0.2) is 25.8 Å². The molecule has 0 aromatic heterocycles. The van der Waals surface area contributed by atoms with Gasteiger partial charge in [0, 0.05) is 30.3 Å². The van der Waals surface area contributed by atoms with Crippen LogP contribution in [0.4, 0.5) is 0 Å². The molecule has 1 heterocycles. The molecule has 1 saturated heterocycles. The first-order valence-electron chi connectivity index (χ1n) is 7.16. The Balaban J connectivity index is 2.11. The maximum Gasteiger partial charge on any atom is 0.0471 e. The molecule has 3 heteroatoms. The standard InChI is InChI=1S/C16H24BrNO/c1-13(2)18-12-16(7-9-19-10-8-16)11-14-5-3-4-6-15(14)17/h3-6,13,18H,7-12H2,1-2H3. The van der Waals surface area contributed by atoms with Crippen molar-refractivity contribution in [3.05, 3.63) is 34.3 Å². The fourth-order valence-corrected chi connectivity index (χ4v) is 3.11. The summed E-state index contributed by atoms with van der Waals surface area (Å²) in [7, 11) is 0. The minimum Gasteiger partial charge on any atom is -0.381 e. The number of rotatable bonds is 5. The molecule has 19 heavy (non-hydrogen) atoms. The van der Waals surface area contributed by atoms with Crippen molar-refractivity contribution in [2.75, 3.05) is 19.8 Å². The van der Waals surface area contributed by atoms with Gasteiger partial charge in [-0.2, -0.15) is 0 Å². The van der Waals surface area contributed by atoms with Gasteiger partial charge in [0.2, 0.25) is 0 Å². The van der Waals surface area contributed by atoms with Crippen molar-refractivity contribution in [3.63, 3.8) is 0 Å². The Kier molecular flexibility index (Phi) is 5.43. The second-order valence-corrected chi connectivity index (χ2v) is 6.77. The number of nitrogens with one attached hydrogen (secondary N) is 1. The fourth-order valence-electron chi connectivity index (χ4n) is 2.69. The molecule has 0 unspecified atom stereocenters. The summed E-state index contributed by atoms with van der Waals surface area (Å²) >= 11 is 3.68. The molecule has 0 aliphatic carbocycles. The van der Waals surface area contributed by atoms with Gasteiger partial charge in [0.15, 0.2) is 0 Å². The Bertz CT molecular complexity index is 399. The molecule has 1 aromatic carbocycles. The van der Waals surface area contributed by atoms with Crippen LogP contribution < -0.4 is 5.32 Å². The smallest absolute Gasteiger partial charge is 0.0471 e. The van der Waals surface area contributed by atoms with Crippen LogP contribution in [0.5, 0.6) is 0 Å². The third kappa shape index (κ3) is 4.30. The van der Waals surface area contributed by atoms with Crippen LogP contribution in [0.2, 0.25) is 0 Å². The molecular weight excluding hydrogens is 302 g/mol. The highest BCUT2D eigenvalue weighted by Crippen LogP contribution is 2.35. The largest absolute Gasteiger partial charge is 0.381 e. The first kappa shape index (κ1) is 15.0. The summed E-state index contributed by atoms with van der Waals surface area (Å²) in [5.74, 6) is 0. The average molecular weight is 326 g/mol. The van der Waals surface area contributed by atoms with Crippen molar-refractivity contribution in [2.24, 2.45) is 5.41 Å². The van der Waals surface area contributed by atoms with Crippen LogP contribution in [0.3, 0.4) is 0 Å². The van der Waals surface area contributed by atoms with E-state index >= 15 is 0 Å². The summed E-state index contributed by atoms with van der Waals surface area (Å²) in [5.41, 5.74) is 1.75. The van der Waals surface area contributed by atoms with Gasteiger partial charge in [-0.05, 0) is 36.3 Å². The maximum atomic E-state index is 5.56. The summed E-state index contributed by atoms with van der Waals surface area (Å²) in [6, 6.07) is 9.12. The van der Waals surface area contributed by atoms with Crippen LogP contribution in [0, 0.1) is 5.41 Å². The molecule has 1 N–H and O–H groups in total. The molecule has 0 saturated carbocycles. The van der Waals surface area contributed by atoms with E-state index in [2.05, 4.69) is 59.4 Å². The summed E-state index contributed by atoms with van der Waals surface area (Å²) < 4.78 is 6.79. The molecule has 1 aliphatic rings. The molecule has 2 nitrogen and oxygen atoms in total. The van der Waals surface area contributed by atoms with E-state index in [1.165, 1.54) is 10.0 Å². The van der Waals surface area contributed by atoms with E-state index < -0.39 is 0 Å². The van der Waals surface area contributed by atoms with E-state index in [0.29, 0.717) is 11.5 Å². The van der Waals surface area contributed by atoms with Crippen LogP contribution >= 0.6 is 15.9 Å². The zero-order chi connectivity index (χ0) is 13.7. The molecule has 106 valence electrons. The topological polar surface area (TPSA) is 21.3 Å². The number of hydrogen-bond donors (Lipinski definition) is 1. The average Bonchev–Trinajstić information content (AvgIpc) is 2.41. The first-order valence-corrected chi connectivity index (χ1v) is 7.95. The van der Waals surface area contributed by atoms with E-state index in [0.717, 1.165) is 39.0 Å². The molecular formula is C16H24BrNO. The minimum atomic E-state index is 0.340. The fraction of sp³-hybridized carbons (Fsp3) is 0.625. The van der Waals surface area contributed by atoms with Crippen molar-refractivity contribution < 1.29 is 4.74 Å².